The van der Waals surface area contributed by atoms with Gasteiger partial charge in [0.1, 0.15) is 11.6 Å². The summed E-state index contributed by atoms with van der Waals surface area (Å²) in [5.41, 5.74) is 3.19. The number of aryl methyl sites for hydroxylation is 1. The van der Waals surface area contributed by atoms with Crippen molar-refractivity contribution in [2.45, 2.75) is 26.4 Å². The van der Waals surface area contributed by atoms with Gasteiger partial charge in [-0.3, -0.25) is 0 Å². The number of benzene rings is 2. The van der Waals surface area contributed by atoms with Gasteiger partial charge in [-0.2, -0.15) is 0 Å². The van der Waals surface area contributed by atoms with Gasteiger partial charge in [-0.1, -0.05) is 19.1 Å². The third-order valence-electron chi connectivity index (χ3n) is 3.50. The molecule has 1 heterocycles. The molecule has 0 aliphatic rings. The first-order valence-electron chi connectivity index (χ1n) is 7.25. The third kappa shape index (κ3) is 2.84. The van der Waals surface area contributed by atoms with Crippen LogP contribution in [0, 0.1) is 0 Å². The van der Waals surface area contributed by atoms with E-state index in [0.29, 0.717) is 6.54 Å². The topological polar surface area (TPSA) is 50.1 Å². The van der Waals surface area contributed by atoms with E-state index in [0.717, 1.165) is 30.0 Å². The number of nitrogens with zero attached hydrogens (tertiary/aromatic N) is 2. The summed E-state index contributed by atoms with van der Waals surface area (Å²) in [7, 11) is 0. The van der Waals surface area contributed by atoms with Gasteiger partial charge < -0.3 is 15.0 Å². The van der Waals surface area contributed by atoms with Gasteiger partial charge in [0, 0.05) is 12.2 Å². The number of phenols is 1. The van der Waals surface area contributed by atoms with Crippen LogP contribution >= 0.6 is 0 Å². The van der Waals surface area contributed by atoms with Crippen molar-refractivity contribution in [1.29, 1.82) is 0 Å². The quantitative estimate of drug-likeness (QED) is 0.700. The Morgan fingerprint density at radius 2 is 1.86 bits per heavy atom. The maximum atomic E-state index is 9.31. The van der Waals surface area contributed by atoms with Gasteiger partial charge in [-0.15, -0.1) is 0 Å². The van der Waals surface area contributed by atoms with E-state index in [9.17, 15) is 5.11 Å². The average molecular weight is 281 g/mol. The molecule has 0 fully saturated rings. The van der Waals surface area contributed by atoms with Gasteiger partial charge in [0.05, 0.1) is 17.6 Å². The van der Waals surface area contributed by atoms with E-state index in [4.69, 9.17) is 4.98 Å². The second-order valence-electron chi connectivity index (χ2n) is 5.07. The Morgan fingerprint density at radius 3 is 2.62 bits per heavy atom. The minimum atomic E-state index is 0.277. The van der Waals surface area contributed by atoms with Crippen LogP contribution < -0.4 is 5.32 Å². The fourth-order valence-electron chi connectivity index (χ4n) is 2.49. The van der Waals surface area contributed by atoms with Gasteiger partial charge in [-0.05, 0) is 42.8 Å². The highest BCUT2D eigenvalue weighted by Gasteiger charge is 2.09. The Hall–Kier alpha value is -2.49. The second-order valence-corrected chi connectivity index (χ2v) is 5.07. The molecule has 0 bridgehead atoms. The zero-order valence-electron chi connectivity index (χ0n) is 12.1. The lowest BCUT2D eigenvalue weighted by Crippen LogP contribution is -2.08. The summed E-state index contributed by atoms with van der Waals surface area (Å²) in [6.45, 7) is 3.80. The second kappa shape index (κ2) is 5.87. The molecular weight excluding hydrogens is 262 g/mol. The molecule has 0 saturated carbocycles. The van der Waals surface area contributed by atoms with E-state index in [2.05, 4.69) is 22.9 Å². The average Bonchev–Trinajstić information content (AvgIpc) is 2.85. The van der Waals surface area contributed by atoms with E-state index >= 15 is 0 Å². The van der Waals surface area contributed by atoms with Crippen LogP contribution in [-0.2, 0) is 13.1 Å². The number of phenolic OH excluding ortho intramolecular Hbond substituents is 1. The van der Waals surface area contributed by atoms with Gasteiger partial charge in [0.15, 0.2) is 0 Å². The van der Waals surface area contributed by atoms with Crippen LogP contribution in [0.5, 0.6) is 5.75 Å². The molecule has 0 unspecified atom stereocenters. The van der Waals surface area contributed by atoms with Gasteiger partial charge in [0.2, 0.25) is 0 Å². The first-order chi connectivity index (χ1) is 10.3. The van der Waals surface area contributed by atoms with Crippen molar-refractivity contribution in [3.63, 3.8) is 0 Å². The van der Waals surface area contributed by atoms with Crippen LogP contribution in [0.25, 0.3) is 11.0 Å². The number of fused-ring (bicyclic) bond motifs is 1. The molecule has 0 radical (unpaired) electrons. The number of rotatable bonds is 5. The molecule has 0 amide bonds. The Balaban J connectivity index is 1.85. The van der Waals surface area contributed by atoms with E-state index in [1.165, 1.54) is 5.52 Å². The van der Waals surface area contributed by atoms with E-state index in [1.807, 2.05) is 30.3 Å². The summed E-state index contributed by atoms with van der Waals surface area (Å²) < 4.78 is 2.27. The molecule has 21 heavy (non-hydrogen) atoms. The molecule has 4 heteroatoms. The summed E-state index contributed by atoms with van der Waals surface area (Å²) in [4.78, 5) is 4.71. The maximum absolute atomic E-state index is 9.31. The summed E-state index contributed by atoms with van der Waals surface area (Å²) in [5.74, 6) is 1.31. The lowest BCUT2D eigenvalue weighted by atomic mass is 10.3. The summed E-state index contributed by atoms with van der Waals surface area (Å²) >= 11 is 0. The minimum Gasteiger partial charge on any atom is -0.508 e. The zero-order chi connectivity index (χ0) is 14.7. The van der Waals surface area contributed by atoms with E-state index < -0.39 is 0 Å². The monoisotopic (exact) mass is 281 g/mol. The van der Waals surface area contributed by atoms with Crippen LogP contribution in [0.2, 0.25) is 0 Å². The molecular formula is C17H19N3O. The predicted molar refractivity (Wildman–Crippen MR) is 85.5 cm³/mol. The smallest absolute Gasteiger partial charge is 0.129 e. The predicted octanol–water partition coefficient (Wildman–Crippen LogP) is 3.76. The number of imidazole rings is 1. The zero-order valence-corrected chi connectivity index (χ0v) is 12.1. The van der Waals surface area contributed by atoms with E-state index in [-0.39, 0.29) is 5.75 Å². The molecule has 0 aliphatic carbocycles. The number of hydrogen-bond acceptors (Lipinski definition) is 3. The van der Waals surface area contributed by atoms with Crippen LogP contribution in [-0.4, -0.2) is 14.7 Å². The summed E-state index contributed by atoms with van der Waals surface area (Å²) in [5, 5.41) is 12.7. The fraction of sp³-hybridized carbons (Fsp3) is 0.235. The van der Waals surface area contributed by atoms with E-state index in [1.54, 1.807) is 12.1 Å². The van der Waals surface area contributed by atoms with Crippen molar-refractivity contribution in [1.82, 2.24) is 9.55 Å². The molecule has 0 spiro atoms. The fourth-order valence-corrected chi connectivity index (χ4v) is 2.49. The SMILES string of the molecule is CCCn1c(CNc2ccc(O)cc2)nc2ccccc21. The van der Waals surface area contributed by atoms with Crippen molar-refractivity contribution in [2.24, 2.45) is 0 Å². The molecule has 0 atom stereocenters. The normalized spacial score (nSPS) is 10.9. The van der Waals surface area contributed by atoms with Gasteiger partial charge in [0.25, 0.3) is 0 Å². The Morgan fingerprint density at radius 1 is 1.10 bits per heavy atom. The first kappa shape index (κ1) is 13.5. The van der Waals surface area contributed by atoms with Crippen LogP contribution in [0.3, 0.4) is 0 Å². The Labute approximate surface area is 124 Å². The minimum absolute atomic E-state index is 0.277. The van der Waals surface area contributed by atoms with Crippen molar-refractivity contribution < 1.29 is 5.11 Å². The highest BCUT2D eigenvalue weighted by Crippen LogP contribution is 2.19. The molecule has 3 aromatic rings. The Kier molecular flexibility index (Phi) is 3.77. The number of anilines is 1. The molecule has 108 valence electrons. The number of nitrogens with one attached hydrogen (secondary N) is 1. The standard InChI is InChI=1S/C17H19N3O/c1-2-11-20-16-6-4-3-5-15(16)19-17(20)12-18-13-7-9-14(21)10-8-13/h3-10,18,21H,2,11-12H2,1H3. The lowest BCUT2D eigenvalue weighted by Gasteiger charge is -2.09. The maximum Gasteiger partial charge on any atom is 0.129 e. The molecule has 0 saturated heterocycles. The molecule has 3 rings (SSSR count). The van der Waals surface area contributed by atoms with Crippen molar-refractivity contribution in [3.05, 3.63) is 54.4 Å². The highest BCUT2D eigenvalue weighted by atomic mass is 16.3. The van der Waals surface area contributed by atoms with Gasteiger partial charge in [-0.25, -0.2) is 4.98 Å². The molecule has 0 aliphatic heterocycles. The molecule has 2 aromatic carbocycles. The first-order valence-corrected chi connectivity index (χ1v) is 7.25. The van der Waals surface area contributed by atoms with Crippen LogP contribution in [0.4, 0.5) is 5.69 Å². The van der Waals surface area contributed by atoms with Crippen molar-refractivity contribution in [2.75, 3.05) is 5.32 Å². The van der Waals surface area contributed by atoms with Crippen molar-refractivity contribution >= 4 is 16.7 Å². The summed E-state index contributed by atoms with van der Waals surface area (Å²) in [6, 6.07) is 15.3. The number of para-hydroxylation sites is 2. The Bertz CT molecular complexity index is 731. The molecule has 1 aromatic heterocycles. The summed E-state index contributed by atoms with van der Waals surface area (Å²) in [6.07, 6.45) is 1.08. The highest BCUT2D eigenvalue weighted by molar-refractivity contribution is 5.76. The molecule has 2 N–H and O–H groups in total. The van der Waals surface area contributed by atoms with Crippen LogP contribution in [0.15, 0.2) is 48.5 Å². The largest absolute Gasteiger partial charge is 0.508 e. The molecule has 4 nitrogen and oxygen atoms in total. The van der Waals surface area contributed by atoms with Gasteiger partial charge >= 0.3 is 0 Å². The van der Waals surface area contributed by atoms with Crippen molar-refractivity contribution in [3.8, 4) is 5.75 Å². The number of aromatic hydroxyl groups is 1. The lowest BCUT2D eigenvalue weighted by molar-refractivity contribution is 0.475. The van der Waals surface area contributed by atoms with Crippen LogP contribution in [0.1, 0.15) is 19.2 Å². The number of aromatic nitrogens is 2. The third-order valence-corrected chi connectivity index (χ3v) is 3.50. The number of hydrogen-bond donors (Lipinski definition) is 2.